The van der Waals surface area contributed by atoms with Crippen molar-refractivity contribution >= 4 is 5.97 Å². The molecule has 0 bridgehead atoms. The highest BCUT2D eigenvalue weighted by molar-refractivity contribution is 5.76. The lowest BCUT2D eigenvalue weighted by Gasteiger charge is -2.12. The minimum atomic E-state index is -0.296. The molecule has 0 aliphatic carbocycles. The van der Waals surface area contributed by atoms with E-state index in [1.54, 1.807) is 0 Å². The smallest absolute Gasteiger partial charge is 0.328 e. The lowest BCUT2D eigenvalue weighted by atomic mass is 10.2. The molecule has 1 aliphatic rings. The molecule has 0 spiro atoms. The summed E-state index contributed by atoms with van der Waals surface area (Å²) in [5.74, 6) is 1.36. The van der Waals surface area contributed by atoms with E-state index in [2.05, 4.69) is 10.2 Å². The van der Waals surface area contributed by atoms with Crippen LogP contribution in [-0.4, -0.2) is 27.8 Å². The van der Waals surface area contributed by atoms with Gasteiger partial charge in [0.1, 0.15) is 11.9 Å². The predicted molar refractivity (Wildman–Crippen MR) is 64.8 cm³/mol. The zero-order chi connectivity index (χ0) is 12.5. The summed E-state index contributed by atoms with van der Waals surface area (Å²) in [7, 11) is 1.41. The molecular weight excluding hydrogens is 230 g/mol. The number of carbonyl (C=O) groups is 1. The van der Waals surface area contributed by atoms with Crippen LogP contribution >= 0.6 is 0 Å². The Morgan fingerprint density at radius 2 is 2.11 bits per heavy atom. The molecule has 0 N–H and O–H groups in total. The van der Waals surface area contributed by atoms with Gasteiger partial charge >= 0.3 is 5.97 Å². The van der Waals surface area contributed by atoms with Crippen LogP contribution in [0.15, 0.2) is 30.3 Å². The fourth-order valence-corrected chi connectivity index (χ4v) is 2.36. The fourth-order valence-electron chi connectivity index (χ4n) is 2.36. The minimum absolute atomic E-state index is 0.231. The standard InChI is InChI=1S/C13H13N3O2/c1-18-13(17)10-7-8-11-14-15-12(16(10)11)9-5-3-2-4-6-9/h2-6,10H,7-8H2,1H3/t10-/m0/s1. The van der Waals surface area contributed by atoms with E-state index in [9.17, 15) is 4.79 Å². The topological polar surface area (TPSA) is 57.0 Å². The Labute approximate surface area is 104 Å². The van der Waals surface area contributed by atoms with Crippen LogP contribution in [0.1, 0.15) is 18.3 Å². The molecule has 1 atom stereocenters. The highest BCUT2D eigenvalue weighted by Gasteiger charge is 2.33. The number of methoxy groups -OCH3 is 1. The Balaban J connectivity index is 2.07. The summed E-state index contributed by atoms with van der Waals surface area (Å²) in [6, 6.07) is 9.46. The summed E-state index contributed by atoms with van der Waals surface area (Å²) < 4.78 is 6.73. The molecule has 0 radical (unpaired) electrons. The molecule has 5 nitrogen and oxygen atoms in total. The molecule has 1 aliphatic heterocycles. The van der Waals surface area contributed by atoms with E-state index in [-0.39, 0.29) is 12.0 Å². The average molecular weight is 243 g/mol. The second-order valence-corrected chi connectivity index (χ2v) is 4.25. The van der Waals surface area contributed by atoms with Gasteiger partial charge in [0, 0.05) is 12.0 Å². The molecule has 0 saturated heterocycles. The third kappa shape index (κ3) is 1.59. The van der Waals surface area contributed by atoms with E-state index in [4.69, 9.17) is 4.74 Å². The molecule has 2 aromatic rings. The van der Waals surface area contributed by atoms with Crippen LogP contribution in [0, 0.1) is 0 Å². The summed E-state index contributed by atoms with van der Waals surface area (Å²) in [5.41, 5.74) is 0.965. The molecular formula is C13H13N3O2. The van der Waals surface area contributed by atoms with Gasteiger partial charge in [0.15, 0.2) is 5.82 Å². The third-order valence-corrected chi connectivity index (χ3v) is 3.22. The molecule has 0 fully saturated rings. The molecule has 0 saturated carbocycles. The fraction of sp³-hybridized carbons (Fsp3) is 0.308. The van der Waals surface area contributed by atoms with Crippen LogP contribution in [0.5, 0.6) is 0 Å². The number of esters is 1. The monoisotopic (exact) mass is 243 g/mol. The van der Waals surface area contributed by atoms with Gasteiger partial charge in [-0.3, -0.25) is 4.57 Å². The van der Waals surface area contributed by atoms with Gasteiger partial charge in [-0.25, -0.2) is 4.79 Å². The average Bonchev–Trinajstić information content (AvgIpc) is 3.00. The Morgan fingerprint density at radius 1 is 1.33 bits per heavy atom. The molecule has 3 rings (SSSR count). The molecule has 1 aromatic carbocycles. The number of hydrogen-bond acceptors (Lipinski definition) is 4. The Kier molecular flexibility index (Phi) is 2.59. The van der Waals surface area contributed by atoms with Gasteiger partial charge in [-0.1, -0.05) is 30.3 Å². The van der Waals surface area contributed by atoms with Crippen LogP contribution in [0.4, 0.5) is 0 Å². The highest BCUT2D eigenvalue weighted by atomic mass is 16.5. The molecule has 0 amide bonds. The molecule has 5 heteroatoms. The summed E-state index contributed by atoms with van der Waals surface area (Å²) in [4.78, 5) is 11.8. The summed E-state index contributed by atoms with van der Waals surface area (Å²) in [6.45, 7) is 0. The first-order chi connectivity index (χ1) is 8.81. The van der Waals surface area contributed by atoms with Gasteiger partial charge in [-0.05, 0) is 6.42 Å². The first-order valence-electron chi connectivity index (χ1n) is 5.88. The number of hydrogen-bond donors (Lipinski definition) is 0. The summed E-state index contributed by atoms with van der Waals surface area (Å²) in [5, 5.41) is 8.33. The second kappa shape index (κ2) is 4.25. The van der Waals surface area contributed by atoms with Gasteiger partial charge in [-0.15, -0.1) is 10.2 Å². The van der Waals surface area contributed by atoms with E-state index in [0.29, 0.717) is 0 Å². The van der Waals surface area contributed by atoms with Crippen molar-refractivity contribution < 1.29 is 9.53 Å². The van der Waals surface area contributed by atoms with Crippen LogP contribution in [0.3, 0.4) is 0 Å². The largest absolute Gasteiger partial charge is 0.467 e. The first-order valence-corrected chi connectivity index (χ1v) is 5.88. The van der Waals surface area contributed by atoms with E-state index < -0.39 is 0 Å². The predicted octanol–water partition coefficient (Wildman–Crippen LogP) is 1.61. The maximum Gasteiger partial charge on any atom is 0.328 e. The third-order valence-electron chi connectivity index (χ3n) is 3.22. The number of aryl methyl sites for hydroxylation is 1. The lowest BCUT2D eigenvalue weighted by molar-refractivity contribution is -0.144. The molecule has 18 heavy (non-hydrogen) atoms. The van der Waals surface area contributed by atoms with E-state index >= 15 is 0 Å². The van der Waals surface area contributed by atoms with Crippen LogP contribution in [0.25, 0.3) is 11.4 Å². The Hall–Kier alpha value is -2.17. The highest BCUT2D eigenvalue weighted by Crippen LogP contribution is 2.31. The lowest BCUT2D eigenvalue weighted by Crippen LogP contribution is -2.18. The van der Waals surface area contributed by atoms with Crippen LogP contribution in [0.2, 0.25) is 0 Å². The number of fused-ring (bicyclic) bond motifs is 1. The normalized spacial score (nSPS) is 17.5. The van der Waals surface area contributed by atoms with Crippen molar-refractivity contribution in [2.45, 2.75) is 18.9 Å². The van der Waals surface area contributed by atoms with Gasteiger partial charge in [0.05, 0.1) is 7.11 Å². The van der Waals surface area contributed by atoms with Crippen molar-refractivity contribution in [2.75, 3.05) is 7.11 Å². The molecule has 1 aromatic heterocycles. The van der Waals surface area contributed by atoms with Crippen molar-refractivity contribution in [3.63, 3.8) is 0 Å². The van der Waals surface area contributed by atoms with Gasteiger partial charge < -0.3 is 4.74 Å². The van der Waals surface area contributed by atoms with Crippen LogP contribution in [-0.2, 0) is 16.0 Å². The number of nitrogens with zero attached hydrogens (tertiary/aromatic N) is 3. The zero-order valence-electron chi connectivity index (χ0n) is 10.0. The van der Waals surface area contributed by atoms with E-state index in [1.165, 1.54) is 7.11 Å². The summed E-state index contributed by atoms with van der Waals surface area (Å²) in [6.07, 6.45) is 1.50. The van der Waals surface area contributed by atoms with E-state index in [0.717, 1.165) is 30.1 Å². The van der Waals surface area contributed by atoms with Crippen molar-refractivity contribution in [1.29, 1.82) is 0 Å². The Morgan fingerprint density at radius 3 is 2.83 bits per heavy atom. The SMILES string of the molecule is COC(=O)[C@@H]1CCc2nnc(-c3ccccc3)n21. The van der Waals surface area contributed by atoms with Gasteiger partial charge in [0.2, 0.25) is 0 Å². The van der Waals surface area contributed by atoms with Gasteiger partial charge in [-0.2, -0.15) is 0 Å². The molecule has 0 unspecified atom stereocenters. The number of benzene rings is 1. The molecule has 2 heterocycles. The van der Waals surface area contributed by atoms with Crippen molar-refractivity contribution in [3.05, 3.63) is 36.2 Å². The molecule has 92 valence electrons. The van der Waals surface area contributed by atoms with Crippen molar-refractivity contribution in [2.24, 2.45) is 0 Å². The van der Waals surface area contributed by atoms with Crippen LogP contribution < -0.4 is 0 Å². The zero-order valence-corrected chi connectivity index (χ0v) is 10.0. The number of carbonyl (C=O) groups excluding carboxylic acids is 1. The minimum Gasteiger partial charge on any atom is -0.467 e. The second-order valence-electron chi connectivity index (χ2n) is 4.25. The number of aromatic nitrogens is 3. The van der Waals surface area contributed by atoms with E-state index in [1.807, 2.05) is 34.9 Å². The quantitative estimate of drug-likeness (QED) is 0.752. The van der Waals surface area contributed by atoms with Gasteiger partial charge in [0.25, 0.3) is 0 Å². The van der Waals surface area contributed by atoms with Crippen molar-refractivity contribution in [3.8, 4) is 11.4 Å². The first kappa shape index (κ1) is 11.0. The number of rotatable bonds is 2. The summed E-state index contributed by atoms with van der Waals surface area (Å²) >= 11 is 0. The maximum atomic E-state index is 11.8. The van der Waals surface area contributed by atoms with Crippen molar-refractivity contribution in [1.82, 2.24) is 14.8 Å². The Bertz CT molecular complexity index is 577. The maximum absolute atomic E-state index is 11.8. The number of ether oxygens (including phenoxy) is 1.